The van der Waals surface area contributed by atoms with Crippen molar-refractivity contribution in [2.75, 3.05) is 0 Å². The zero-order chi connectivity index (χ0) is 14.0. The normalized spacial score (nSPS) is 11.1. The quantitative estimate of drug-likeness (QED) is 0.570. The highest BCUT2D eigenvalue weighted by Gasteiger charge is 2.23. The maximum atomic E-state index is 14.6. The van der Waals surface area contributed by atoms with Crippen LogP contribution in [-0.4, -0.2) is 8.07 Å². The third-order valence-corrected chi connectivity index (χ3v) is 5.21. The first-order chi connectivity index (χ1) is 8.95. The summed E-state index contributed by atoms with van der Waals surface area (Å²) in [6.45, 7) is 6.51. The lowest BCUT2D eigenvalue weighted by molar-refractivity contribution is 0.629. The van der Waals surface area contributed by atoms with Crippen LogP contribution in [0.4, 0.5) is 4.39 Å². The molecule has 0 unspecified atom stereocenters. The van der Waals surface area contributed by atoms with Gasteiger partial charge in [0.1, 0.15) is 5.82 Å². The molecule has 96 valence electrons. The van der Waals surface area contributed by atoms with Crippen molar-refractivity contribution in [3.05, 3.63) is 53.8 Å². The molecule has 0 aliphatic carbocycles. The van der Waals surface area contributed by atoms with Gasteiger partial charge in [0.05, 0.1) is 13.6 Å². The maximum absolute atomic E-state index is 14.6. The van der Waals surface area contributed by atoms with E-state index < -0.39 is 8.07 Å². The average molecular weight is 268 g/mol. The summed E-state index contributed by atoms with van der Waals surface area (Å²) < 4.78 is 14.6. The summed E-state index contributed by atoms with van der Waals surface area (Å²) in [6.07, 6.45) is 5.53. The van der Waals surface area contributed by atoms with Gasteiger partial charge in [-0.3, -0.25) is 0 Å². The highest BCUT2D eigenvalue weighted by molar-refractivity contribution is 6.89. The van der Waals surface area contributed by atoms with Gasteiger partial charge in [0.15, 0.2) is 0 Å². The molecule has 0 saturated heterocycles. The zero-order valence-corrected chi connectivity index (χ0v) is 12.5. The van der Waals surface area contributed by atoms with Gasteiger partial charge in [0.25, 0.3) is 0 Å². The number of benzene rings is 2. The van der Waals surface area contributed by atoms with Crippen LogP contribution in [0.5, 0.6) is 0 Å². The van der Waals surface area contributed by atoms with Crippen LogP contribution >= 0.6 is 0 Å². The van der Waals surface area contributed by atoms with E-state index in [1.54, 1.807) is 0 Å². The van der Waals surface area contributed by atoms with Crippen LogP contribution in [0.15, 0.2) is 42.5 Å². The number of rotatable bonds is 2. The molecule has 19 heavy (non-hydrogen) atoms. The summed E-state index contributed by atoms with van der Waals surface area (Å²) in [7, 11) is -1.64. The molecule has 0 fully saturated rings. The lowest BCUT2D eigenvalue weighted by Gasteiger charge is -2.20. The van der Waals surface area contributed by atoms with Crippen molar-refractivity contribution in [1.82, 2.24) is 0 Å². The second kappa shape index (κ2) is 5.03. The van der Waals surface area contributed by atoms with E-state index >= 15 is 0 Å². The van der Waals surface area contributed by atoms with E-state index in [9.17, 15) is 4.39 Å². The molecule has 0 atom stereocenters. The van der Waals surface area contributed by atoms with Crippen molar-refractivity contribution in [2.24, 2.45) is 0 Å². The van der Waals surface area contributed by atoms with Gasteiger partial charge in [-0.05, 0) is 10.8 Å². The third-order valence-electron chi connectivity index (χ3n) is 3.18. The van der Waals surface area contributed by atoms with Crippen molar-refractivity contribution < 1.29 is 4.39 Å². The van der Waals surface area contributed by atoms with E-state index in [0.717, 1.165) is 10.8 Å². The van der Waals surface area contributed by atoms with Gasteiger partial charge < -0.3 is 0 Å². The van der Waals surface area contributed by atoms with Gasteiger partial charge in [0, 0.05) is 5.56 Å². The van der Waals surface area contributed by atoms with E-state index in [0.29, 0.717) is 11.1 Å². The summed E-state index contributed by atoms with van der Waals surface area (Å²) in [5, 5.41) is 1.01. The maximum Gasteiger partial charge on any atom is 0.146 e. The number of hydrogen-bond donors (Lipinski definition) is 0. The molecule has 2 aromatic carbocycles. The molecule has 0 bridgehead atoms. The van der Waals surface area contributed by atoms with Crippen molar-refractivity contribution in [1.29, 1.82) is 0 Å². The fourth-order valence-electron chi connectivity index (χ4n) is 2.18. The highest BCUT2D eigenvalue weighted by Crippen LogP contribution is 2.24. The summed E-state index contributed by atoms with van der Waals surface area (Å²) in [6, 6.07) is 13.3. The summed E-state index contributed by atoms with van der Waals surface area (Å²) in [4.78, 5) is 0. The Bertz CT molecular complexity index is 631. The van der Waals surface area contributed by atoms with Gasteiger partial charge in [-0.25, -0.2) is 4.39 Å². The van der Waals surface area contributed by atoms with Crippen molar-refractivity contribution in [3.8, 4) is 23.5 Å². The standard InChI is InChI=1S/C17H17FSi/c1-5-14-16(19(2,3)4)12-11-15(17(14)18)13-9-7-6-8-10-13/h1,6-12H,2-4H3. The van der Waals surface area contributed by atoms with E-state index in [-0.39, 0.29) is 5.82 Å². The summed E-state index contributed by atoms with van der Waals surface area (Å²) in [5.41, 5.74) is 1.87. The Balaban J connectivity index is 2.67. The fourth-order valence-corrected chi connectivity index (χ4v) is 3.70. The molecule has 0 saturated carbocycles. The lowest BCUT2D eigenvalue weighted by atomic mass is 10.0. The molecule has 0 aromatic heterocycles. The Morgan fingerprint density at radius 1 is 1.00 bits per heavy atom. The minimum absolute atomic E-state index is 0.270. The zero-order valence-electron chi connectivity index (χ0n) is 11.5. The summed E-state index contributed by atoms with van der Waals surface area (Å²) in [5.74, 6) is 2.27. The molecule has 0 amide bonds. The summed E-state index contributed by atoms with van der Waals surface area (Å²) >= 11 is 0. The van der Waals surface area contributed by atoms with Crippen molar-refractivity contribution in [3.63, 3.8) is 0 Å². The molecule has 2 rings (SSSR count). The first kappa shape index (κ1) is 13.6. The lowest BCUT2D eigenvalue weighted by Crippen LogP contribution is -2.40. The Morgan fingerprint density at radius 2 is 1.63 bits per heavy atom. The molecule has 0 aliphatic heterocycles. The molecular weight excluding hydrogens is 251 g/mol. The van der Waals surface area contributed by atoms with Crippen LogP contribution in [0.1, 0.15) is 5.56 Å². The third kappa shape index (κ3) is 2.62. The van der Waals surface area contributed by atoms with Crippen LogP contribution in [0.25, 0.3) is 11.1 Å². The molecule has 0 radical (unpaired) electrons. The second-order valence-corrected chi connectivity index (χ2v) is 10.6. The van der Waals surface area contributed by atoms with Gasteiger partial charge in [-0.1, -0.05) is 68.0 Å². The molecule has 0 spiro atoms. The molecule has 2 aromatic rings. The minimum atomic E-state index is -1.64. The van der Waals surface area contributed by atoms with E-state index in [4.69, 9.17) is 6.42 Å². The molecule has 2 heteroatoms. The first-order valence-electron chi connectivity index (χ1n) is 6.30. The predicted octanol–water partition coefficient (Wildman–Crippen LogP) is 4.02. The van der Waals surface area contributed by atoms with Crippen LogP contribution in [-0.2, 0) is 0 Å². The van der Waals surface area contributed by atoms with Crippen LogP contribution in [0.2, 0.25) is 19.6 Å². The van der Waals surface area contributed by atoms with Crippen LogP contribution in [0, 0.1) is 18.2 Å². The number of hydrogen-bond acceptors (Lipinski definition) is 0. The van der Waals surface area contributed by atoms with Gasteiger partial charge in [-0.2, -0.15) is 0 Å². The molecule has 0 heterocycles. The molecule has 0 aliphatic rings. The van der Waals surface area contributed by atoms with Crippen molar-refractivity contribution in [2.45, 2.75) is 19.6 Å². The van der Waals surface area contributed by atoms with Gasteiger partial charge in [-0.15, -0.1) is 6.42 Å². The number of terminal acetylenes is 1. The molecule has 0 N–H and O–H groups in total. The largest absolute Gasteiger partial charge is 0.205 e. The van der Waals surface area contributed by atoms with Crippen molar-refractivity contribution >= 4 is 13.3 Å². The monoisotopic (exact) mass is 268 g/mol. The van der Waals surface area contributed by atoms with E-state index in [1.807, 2.05) is 42.5 Å². The Kier molecular flexibility index (Phi) is 3.59. The van der Waals surface area contributed by atoms with E-state index in [1.165, 1.54) is 0 Å². The van der Waals surface area contributed by atoms with Crippen LogP contribution in [0.3, 0.4) is 0 Å². The predicted molar refractivity (Wildman–Crippen MR) is 82.8 cm³/mol. The molecular formula is C17H17FSi. The molecule has 0 nitrogen and oxygen atoms in total. The minimum Gasteiger partial charge on any atom is -0.205 e. The Morgan fingerprint density at radius 3 is 2.16 bits per heavy atom. The topological polar surface area (TPSA) is 0 Å². The Labute approximate surface area is 115 Å². The first-order valence-corrected chi connectivity index (χ1v) is 9.80. The average Bonchev–Trinajstić information content (AvgIpc) is 2.38. The van der Waals surface area contributed by atoms with Gasteiger partial charge >= 0.3 is 0 Å². The number of halogens is 1. The van der Waals surface area contributed by atoms with Gasteiger partial charge in [0.2, 0.25) is 0 Å². The smallest absolute Gasteiger partial charge is 0.146 e. The van der Waals surface area contributed by atoms with E-state index in [2.05, 4.69) is 25.6 Å². The highest BCUT2D eigenvalue weighted by atomic mass is 28.3. The second-order valence-electron chi connectivity index (χ2n) is 5.61. The SMILES string of the molecule is C#Cc1c([Si](C)(C)C)ccc(-c2ccccc2)c1F. The Hall–Kier alpha value is -1.85. The van der Waals surface area contributed by atoms with Crippen LogP contribution < -0.4 is 5.19 Å². The fraction of sp³-hybridized carbons (Fsp3) is 0.176.